The van der Waals surface area contributed by atoms with Crippen LogP contribution in [0.25, 0.3) is 0 Å². The van der Waals surface area contributed by atoms with Gasteiger partial charge in [0.05, 0.1) is 33.5 Å². The van der Waals surface area contributed by atoms with E-state index in [1.807, 2.05) is 30.3 Å². The maximum Gasteiger partial charge on any atom is 0.130 e. The lowest BCUT2D eigenvalue weighted by Gasteiger charge is -2.49. The number of piperidine rings is 1. The Balaban J connectivity index is 1.75. The summed E-state index contributed by atoms with van der Waals surface area (Å²) in [6, 6.07) is 11.7. The highest BCUT2D eigenvalue weighted by Crippen LogP contribution is 2.43. The molecule has 2 aromatic rings. The number of likely N-dealkylation sites (N-methyl/N-ethyl adjacent to an activating group) is 1. The van der Waals surface area contributed by atoms with Crippen molar-refractivity contribution in [2.45, 2.75) is 24.9 Å². The van der Waals surface area contributed by atoms with Crippen molar-refractivity contribution in [2.75, 3.05) is 37.4 Å². The first-order valence-electron chi connectivity index (χ1n) is 9.37. The summed E-state index contributed by atoms with van der Waals surface area (Å²) in [5.41, 5.74) is 2.87. The summed E-state index contributed by atoms with van der Waals surface area (Å²) >= 11 is 18.7. The Kier molecular flexibility index (Phi) is 5.49. The van der Waals surface area contributed by atoms with E-state index in [2.05, 4.69) is 35.3 Å². The van der Waals surface area contributed by atoms with E-state index in [1.165, 1.54) is 0 Å². The topological polar surface area (TPSA) is 30.9 Å². The zero-order chi connectivity index (χ0) is 19.9. The molecule has 0 bridgehead atoms. The fraction of sp³-hybridized carbons (Fsp3) is 0.381. The van der Waals surface area contributed by atoms with Gasteiger partial charge in [0.2, 0.25) is 0 Å². The molecule has 0 saturated carbocycles. The first kappa shape index (κ1) is 19.8. The second-order valence-electron chi connectivity index (χ2n) is 7.62. The molecule has 2 heterocycles. The number of hydrogen-bond donors (Lipinski definition) is 1. The maximum atomic E-state index is 6.30. The molecule has 0 aromatic heterocycles. The molecule has 28 heavy (non-hydrogen) atoms. The molecule has 4 rings (SSSR count). The molecule has 0 amide bonds. The third-order valence-electron chi connectivity index (χ3n) is 5.66. The number of nitrogens with zero attached hydrogens (tertiary/aromatic N) is 3. The van der Waals surface area contributed by atoms with Crippen LogP contribution in [-0.2, 0) is 6.54 Å². The minimum Gasteiger partial charge on any atom is -0.371 e. The molecule has 4 nitrogen and oxygen atoms in total. The normalized spacial score (nSPS) is 20.3. The lowest BCUT2D eigenvalue weighted by molar-refractivity contribution is 0.239. The van der Waals surface area contributed by atoms with Crippen molar-refractivity contribution in [2.24, 2.45) is 4.99 Å². The number of likely N-dealkylation sites (tertiary alicyclic amines) is 1. The number of nitrogens with one attached hydrogen (secondary N) is 1. The van der Waals surface area contributed by atoms with Gasteiger partial charge in [-0.3, -0.25) is 4.99 Å². The van der Waals surface area contributed by atoms with Crippen LogP contribution in [0.3, 0.4) is 0 Å². The number of benzene rings is 2. The van der Waals surface area contributed by atoms with Crippen LogP contribution in [0.4, 0.5) is 11.4 Å². The van der Waals surface area contributed by atoms with E-state index in [9.17, 15) is 0 Å². The zero-order valence-electron chi connectivity index (χ0n) is 16.0. The molecular formula is C21H23Cl3N4. The number of hydrogen-bond acceptors (Lipinski definition) is 3. The van der Waals surface area contributed by atoms with Gasteiger partial charge in [-0.1, -0.05) is 46.9 Å². The number of anilines is 2. The van der Waals surface area contributed by atoms with Crippen molar-refractivity contribution < 1.29 is 0 Å². The molecule has 1 spiro atoms. The van der Waals surface area contributed by atoms with E-state index < -0.39 is 0 Å². The Morgan fingerprint density at radius 3 is 2.46 bits per heavy atom. The Morgan fingerprint density at radius 1 is 1.04 bits per heavy atom. The highest BCUT2D eigenvalue weighted by atomic mass is 35.5. The predicted molar refractivity (Wildman–Crippen MR) is 121 cm³/mol. The monoisotopic (exact) mass is 436 g/mol. The molecular weight excluding hydrogens is 415 g/mol. The summed E-state index contributed by atoms with van der Waals surface area (Å²) in [5.74, 6) is 1.03. The molecule has 0 aliphatic carbocycles. The summed E-state index contributed by atoms with van der Waals surface area (Å²) in [7, 11) is 4.22. The van der Waals surface area contributed by atoms with Crippen LogP contribution in [0.15, 0.2) is 41.4 Å². The van der Waals surface area contributed by atoms with E-state index in [0.717, 1.165) is 53.7 Å². The number of halogens is 3. The van der Waals surface area contributed by atoms with Crippen molar-refractivity contribution in [1.82, 2.24) is 4.90 Å². The fourth-order valence-electron chi connectivity index (χ4n) is 4.07. The fourth-order valence-corrected chi connectivity index (χ4v) is 4.60. The molecule has 1 saturated heterocycles. The van der Waals surface area contributed by atoms with Crippen LogP contribution in [-0.4, -0.2) is 43.5 Å². The minimum absolute atomic E-state index is 0.218. The third kappa shape index (κ3) is 3.71. The molecule has 0 atom stereocenters. The van der Waals surface area contributed by atoms with Gasteiger partial charge < -0.3 is 15.1 Å². The quantitative estimate of drug-likeness (QED) is 0.666. The number of fused-ring (bicyclic) bond motifs is 1. The van der Waals surface area contributed by atoms with Gasteiger partial charge in [-0.05, 0) is 49.7 Å². The number of rotatable bonds is 2. The van der Waals surface area contributed by atoms with E-state index in [4.69, 9.17) is 39.8 Å². The van der Waals surface area contributed by atoms with Crippen LogP contribution < -0.4 is 10.2 Å². The zero-order valence-corrected chi connectivity index (χ0v) is 18.2. The van der Waals surface area contributed by atoms with Crippen LogP contribution >= 0.6 is 34.8 Å². The molecule has 1 N–H and O–H groups in total. The molecule has 1 fully saturated rings. The molecule has 0 radical (unpaired) electrons. The summed E-state index contributed by atoms with van der Waals surface area (Å²) < 4.78 is 0. The van der Waals surface area contributed by atoms with Gasteiger partial charge in [-0.2, -0.15) is 0 Å². The van der Waals surface area contributed by atoms with Gasteiger partial charge >= 0.3 is 0 Å². The molecule has 7 heteroatoms. The van der Waals surface area contributed by atoms with Gasteiger partial charge in [0.15, 0.2) is 0 Å². The molecule has 148 valence electrons. The second kappa shape index (κ2) is 7.75. The van der Waals surface area contributed by atoms with Crippen molar-refractivity contribution >= 4 is 52.0 Å². The Bertz CT molecular complexity index is 920. The molecule has 0 unspecified atom stereocenters. The van der Waals surface area contributed by atoms with Crippen molar-refractivity contribution in [3.05, 3.63) is 57.0 Å². The smallest absolute Gasteiger partial charge is 0.130 e. The van der Waals surface area contributed by atoms with Gasteiger partial charge in [0.1, 0.15) is 5.84 Å². The Labute approximate surface area is 181 Å². The van der Waals surface area contributed by atoms with Gasteiger partial charge in [0, 0.05) is 25.2 Å². The molecule has 2 aromatic carbocycles. The SMILES string of the molecule is CN1CCC2(CC1)Nc1cc(Cl)c(Cl)cc1N(C)C2=NCc1cccc(Cl)c1. The first-order chi connectivity index (χ1) is 13.4. The highest BCUT2D eigenvalue weighted by molar-refractivity contribution is 6.42. The average Bonchev–Trinajstić information content (AvgIpc) is 2.66. The predicted octanol–water partition coefficient (Wildman–Crippen LogP) is 5.57. The van der Waals surface area contributed by atoms with E-state index in [-0.39, 0.29) is 5.54 Å². The summed E-state index contributed by atoms with van der Waals surface area (Å²) in [6.45, 7) is 2.59. The number of amidine groups is 1. The lowest BCUT2D eigenvalue weighted by atomic mass is 9.83. The first-order valence-corrected chi connectivity index (χ1v) is 10.5. The van der Waals surface area contributed by atoms with Crippen LogP contribution in [0, 0.1) is 0 Å². The number of aliphatic imine (C=N–C) groups is 1. The van der Waals surface area contributed by atoms with Crippen molar-refractivity contribution in [1.29, 1.82) is 0 Å². The Morgan fingerprint density at radius 2 is 1.75 bits per heavy atom. The lowest BCUT2D eigenvalue weighted by Crippen LogP contribution is -2.60. The van der Waals surface area contributed by atoms with E-state index in [0.29, 0.717) is 16.6 Å². The van der Waals surface area contributed by atoms with Gasteiger partial charge in [-0.25, -0.2) is 0 Å². The third-order valence-corrected chi connectivity index (χ3v) is 6.62. The van der Waals surface area contributed by atoms with Gasteiger partial charge in [-0.15, -0.1) is 0 Å². The van der Waals surface area contributed by atoms with Gasteiger partial charge in [0.25, 0.3) is 0 Å². The van der Waals surface area contributed by atoms with Crippen LogP contribution in [0.5, 0.6) is 0 Å². The largest absolute Gasteiger partial charge is 0.371 e. The van der Waals surface area contributed by atoms with Crippen molar-refractivity contribution in [3.8, 4) is 0 Å². The highest BCUT2D eigenvalue weighted by Gasteiger charge is 2.44. The van der Waals surface area contributed by atoms with Crippen LogP contribution in [0.2, 0.25) is 15.1 Å². The summed E-state index contributed by atoms with van der Waals surface area (Å²) in [4.78, 5) is 9.57. The summed E-state index contributed by atoms with van der Waals surface area (Å²) in [5, 5.41) is 5.59. The average molecular weight is 438 g/mol. The summed E-state index contributed by atoms with van der Waals surface area (Å²) in [6.07, 6.45) is 1.95. The molecule has 2 aliphatic rings. The maximum absolute atomic E-state index is 6.30. The molecule has 2 aliphatic heterocycles. The van der Waals surface area contributed by atoms with Crippen LogP contribution in [0.1, 0.15) is 18.4 Å². The van der Waals surface area contributed by atoms with E-state index >= 15 is 0 Å². The minimum atomic E-state index is -0.218. The van der Waals surface area contributed by atoms with Crippen molar-refractivity contribution in [3.63, 3.8) is 0 Å². The second-order valence-corrected chi connectivity index (χ2v) is 8.87. The standard InChI is InChI=1S/C21H23Cl3N4/c1-27-8-6-21(7-9-27)20(25-13-14-4-3-5-15(22)10-14)28(2)19-12-17(24)16(23)11-18(19)26-21/h3-5,10-12,26H,6-9,13H2,1-2H3. The van der Waals surface area contributed by atoms with E-state index in [1.54, 1.807) is 0 Å². The Hall–Kier alpha value is -1.46.